The summed E-state index contributed by atoms with van der Waals surface area (Å²) in [5.74, 6) is 1.86. The zero-order valence-corrected chi connectivity index (χ0v) is 19.8. The highest BCUT2D eigenvalue weighted by Crippen LogP contribution is 2.31. The van der Waals surface area contributed by atoms with Gasteiger partial charge >= 0.3 is 6.18 Å². The topological polar surface area (TPSA) is 81.6 Å². The minimum absolute atomic E-state index is 0.256. The maximum atomic E-state index is 13.0. The predicted octanol–water partition coefficient (Wildman–Crippen LogP) is 5.76. The number of rotatable bonds is 7. The van der Waals surface area contributed by atoms with Gasteiger partial charge in [-0.2, -0.15) is 13.2 Å². The number of benzene rings is 2. The Morgan fingerprint density at radius 2 is 1.74 bits per heavy atom. The molecule has 0 unspecified atom stereocenters. The molecule has 0 bridgehead atoms. The van der Waals surface area contributed by atoms with Gasteiger partial charge in [-0.3, -0.25) is 0 Å². The molecular formula is C26H27F3N6. The quantitative estimate of drug-likeness (QED) is 0.352. The second-order valence-electron chi connectivity index (χ2n) is 8.62. The number of imidazole rings is 1. The second kappa shape index (κ2) is 9.87. The van der Waals surface area contributed by atoms with E-state index in [0.29, 0.717) is 29.7 Å². The van der Waals surface area contributed by atoms with Crippen molar-refractivity contribution in [1.29, 1.82) is 0 Å². The van der Waals surface area contributed by atoms with E-state index in [1.54, 1.807) is 25.4 Å². The Hall–Kier alpha value is -3.72. The number of aromatic nitrogens is 4. The van der Waals surface area contributed by atoms with Crippen LogP contribution in [0.5, 0.6) is 0 Å². The number of alkyl halides is 3. The number of hydrogen-bond donors (Lipinski definition) is 2. The van der Waals surface area contributed by atoms with Crippen LogP contribution in [-0.2, 0) is 26.3 Å². The summed E-state index contributed by atoms with van der Waals surface area (Å²) < 4.78 is 40.3. The van der Waals surface area contributed by atoms with E-state index in [2.05, 4.69) is 35.2 Å². The summed E-state index contributed by atoms with van der Waals surface area (Å²) in [7, 11) is 1.55. The average Bonchev–Trinajstić information content (AvgIpc) is 3.25. The number of nitrogens with two attached hydrogens (primary N) is 1. The lowest BCUT2D eigenvalue weighted by atomic mass is 9.97. The molecule has 2 heterocycles. The van der Waals surface area contributed by atoms with E-state index in [1.165, 1.54) is 4.57 Å². The van der Waals surface area contributed by atoms with Crippen LogP contribution in [0.3, 0.4) is 0 Å². The van der Waals surface area contributed by atoms with Crippen molar-refractivity contribution in [2.75, 3.05) is 5.32 Å². The molecule has 0 fully saturated rings. The first-order valence-corrected chi connectivity index (χ1v) is 11.3. The van der Waals surface area contributed by atoms with E-state index in [9.17, 15) is 13.2 Å². The third kappa shape index (κ3) is 5.35. The lowest BCUT2D eigenvalue weighted by Crippen LogP contribution is -2.10. The Labute approximate surface area is 202 Å². The van der Waals surface area contributed by atoms with Crippen LogP contribution in [0.25, 0.3) is 22.8 Å². The normalized spacial score (nSPS) is 11.8. The molecular weight excluding hydrogens is 453 g/mol. The lowest BCUT2D eigenvalue weighted by molar-refractivity contribution is -0.140. The van der Waals surface area contributed by atoms with Crippen molar-refractivity contribution in [3.05, 3.63) is 83.3 Å². The monoisotopic (exact) mass is 480 g/mol. The zero-order chi connectivity index (χ0) is 25.2. The summed E-state index contributed by atoms with van der Waals surface area (Å²) in [5, 5.41) is 3.33. The number of hydrogen-bond acceptors (Lipinski definition) is 5. The molecule has 0 radical (unpaired) electrons. The molecule has 2 aromatic heterocycles. The fourth-order valence-corrected chi connectivity index (χ4v) is 3.87. The number of nitrogens with zero attached hydrogens (tertiary/aromatic N) is 4. The Morgan fingerprint density at radius 1 is 1.03 bits per heavy atom. The van der Waals surface area contributed by atoms with E-state index in [1.807, 2.05) is 30.3 Å². The van der Waals surface area contributed by atoms with Crippen LogP contribution in [0.2, 0.25) is 0 Å². The fraction of sp³-hybridized carbons (Fsp3) is 0.269. The van der Waals surface area contributed by atoms with Crippen LogP contribution in [-0.4, -0.2) is 19.5 Å². The number of anilines is 1. The van der Waals surface area contributed by atoms with E-state index < -0.39 is 11.9 Å². The van der Waals surface area contributed by atoms with Crippen molar-refractivity contribution in [3.63, 3.8) is 0 Å². The highest BCUT2D eigenvalue weighted by molar-refractivity contribution is 5.63. The summed E-state index contributed by atoms with van der Waals surface area (Å²) in [4.78, 5) is 13.0. The van der Waals surface area contributed by atoms with E-state index >= 15 is 0 Å². The van der Waals surface area contributed by atoms with Crippen molar-refractivity contribution in [1.82, 2.24) is 19.5 Å². The SMILES string of the molecule is CC(C)c1ccccc1-c1ncc(CN)c(NCc2ccc(-c3nc(C(F)(F)F)cn3C)cc2)n1. The summed E-state index contributed by atoms with van der Waals surface area (Å²) in [6.45, 7) is 5.01. The first-order chi connectivity index (χ1) is 16.7. The number of nitrogens with one attached hydrogen (secondary N) is 1. The second-order valence-corrected chi connectivity index (χ2v) is 8.62. The molecule has 0 saturated heterocycles. The van der Waals surface area contributed by atoms with Crippen LogP contribution >= 0.6 is 0 Å². The highest BCUT2D eigenvalue weighted by Gasteiger charge is 2.34. The van der Waals surface area contributed by atoms with E-state index in [0.717, 1.165) is 28.5 Å². The molecule has 4 rings (SSSR count). The third-order valence-corrected chi connectivity index (χ3v) is 5.75. The van der Waals surface area contributed by atoms with Gasteiger partial charge in [0.15, 0.2) is 11.5 Å². The number of halogens is 3. The van der Waals surface area contributed by atoms with Crippen LogP contribution in [0.15, 0.2) is 60.9 Å². The molecule has 182 valence electrons. The van der Waals surface area contributed by atoms with E-state index in [4.69, 9.17) is 10.7 Å². The molecule has 6 nitrogen and oxygen atoms in total. The Bertz CT molecular complexity index is 1310. The molecule has 0 aliphatic rings. The van der Waals surface area contributed by atoms with Crippen LogP contribution in [0.1, 0.15) is 42.1 Å². The molecule has 3 N–H and O–H groups in total. The van der Waals surface area contributed by atoms with Crippen LogP contribution in [0, 0.1) is 0 Å². The summed E-state index contributed by atoms with van der Waals surface area (Å²) in [6.07, 6.45) is -1.75. The first kappa shape index (κ1) is 24.4. The van der Waals surface area contributed by atoms with E-state index in [-0.39, 0.29) is 12.4 Å². The Morgan fingerprint density at radius 3 is 2.37 bits per heavy atom. The Balaban J connectivity index is 1.54. The van der Waals surface area contributed by atoms with Gasteiger partial charge in [-0.1, -0.05) is 62.4 Å². The fourth-order valence-electron chi connectivity index (χ4n) is 3.87. The van der Waals surface area contributed by atoms with Gasteiger partial charge in [0.05, 0.1) is 0 Å². The lowest BCUT2D eigenvalue weighted by Gasteiger charge is -2.15. The van der Waals surface area contributed by atoms with Crippen molar-refractivity contribution in [2.24, 2.45) is 12.8 Å². The first-order valence-electron chi connectivity index (χ1n) is 11.3. The minimum Gasteiger partial charge on any atom is -0.366 e. The molecule has 0 aliphatic carbocycles. The highest BCUT2D eigenvalue weighted by atomic mass is 19.4. The maximum absolute atomic E-state index is 13.0. The molecule has 0 aliphatic heterocycles. The smallest absolute Gasteiger partial charge is 0.366 e. The minimum atomic E-state index is -4.48. The van der Waals surface area contributed by atoms with Gasteiger partial charge in [-0.05, 0) is 17.0 Å². The van der Waals surface area contributed by atoms with Crippen molar-refractivity contribution in [2.45, 2.75) is 39.0 Å². The van der Waals surface area contributed by atoms with Gasteiger partial charge in [0.1, 0.15) is 11.6 Å². The van der Waals surface area contributed by atoms with Gasteiger partial charge in [0.25, 0.3) is 0 Å². The van der Waals surface area contributed by atoms with Crippen molar-refractivity contribution < 1.29 is 13.2 Å². The average molecular weight is 481 g/mol. The summed E-state index contributed by atoms with van der Waals surface area (Å²) in [6, 6.07) is 15.3. The van der Waals surface area contributed by atoms with Gasteiger partial charge in [-0.25, -0.2) is 15.0 Å². The molecule has 0 spiro atoms. The molecule has 35 heavy (non-hydrogen) atoms. The van der Waals surface area contributed by atoms with Gasteiger partial charge < -0.3 is 15.6 Å². The zero-order valence-electron chi connectivity index (χ0n) is 19.8. The van der Waals surface area contributed by atoms with Gasteiger partial charge in [0, 0.05) is 49.2 Å². The number of aryl methyl sites for hydroxylation is 1. The predicted molar refractivity (Wildman–Crippen MR) is 130 cm³/mol. The van der Waals surface area contributed by atoms with Crippen molar-refractivity contribution >= 4 is 5.82 Å². The Kier molecular flexibility index (Phi) is 6.88. The van der Waals surface area contributed by atoms with Crippen LogP contribution < -0.4 is 11.1 Å². The largest absolute Gasteiger partial charge is 0.434 e. The molecule has 0 saturated carbocycles. The molecule has 2 aromatic carbocycles. The third-order valence-electron chi connectivity index (χ3n) is 5.75. The van der Waals surface area contributed by atoms with Gasteiger partial charge in [0.2, 0.25) is 0 Å². The summed E-state index contributed by atoms with van der Waals surface area (Å²) >= 11 is 0. The van der Waals surface area contributed by atoms with Gasteiger partial charge in [-0.15, -0.1) is 0 Å². The van der Waals surface area contributed by atoms with Crippen LogP contribution in [0.4, 0.5) is 19.0 Å². The standard InChI is InChI=1S/C26H27F3N6/c1-16(2)20-6-4-5-7-21(20)24-32-14-19(12-30)23(34-24)31-13-17-8-10-18(11-9-17)25-33-22(15-35(25)3)26(27,28)29/h4-11,14-16H,12-13,30H2,1-3H3,(H,31,32,34). The summed E-state index contributed by atoms with van der Waals surface area (Å²) in [5.41, 5.74) is 9.47. The molecule has 0 atom stereocenters. The molecule has 9 heteroatoms. The van der Waals surface area contributed by atoms with Crippen molar-refractivity contribution in [3.8, 4) is 22.8 Å². The molecule has 4 aromatic rings. The molecule has 0 amide bonds. The maximum Gasteiger partial charge on any atom is 0.434 e.